The maximum absolute atomic E-state index is 8.98. The highest BCUT2D eigenvalue weighted by Gasteiger charge is 2.10. The van der Waals surface area contributed by atoms with Gasteiger partial charge in [0, 0.05) is 12.2 Å². The Morgan fingerprint density at radius 3 is 2.57 bits per heavy atom. The lowest BCUT2D eigenvalue weighted by Crippen LogP contribution is -2.04. The second kappa shape index (κ2) is 6.66. The van der Waals surface area contributed by atoms with Crippen LogP contribution in [0.4, 0.5) is 17.3 Å². The SMILES string of the molecule is CCNc1nc(Nc2cc(C#N)ccc2C)c(Cl)cc1Cl. The zero-order valence-corrected chi connectivity index (χ0v) is 13.2. The molecule has 21 heavy (non-hydrogen) atoms. The Balaban J connectivity index is 2.39. The first-order valence-corrected chi connectivity index (χ1v) is 7.18. The highest BCUT2D eigenvalue weighted by Crippen LogP contribution is 2.32. The minimum absolute atomic E-state index is 0.420. The van der Waals surface area contributed by atoms with Crippen LogP contribution in [0.3, 0.4) is 0 Å². The highest BCUT2D eigenvalue weighted by molar-refractivity contribution is 6.37. The molecule has 0 unspecified atom stereocenters. The molecule has 0 saturated heterocycles. The largest absolute Gasteiger partial charge is 0.369 e. The fraction of sp³-hybridized carbons (Fsp3) is 0.200. The van der Waals surface area contributed by atoms with Crippen molar-refractivity contribution in [3.8, 4) is 6.07 Å². The molecule has 0 aliphatic heterocycles. The van der Waals surface area contributed by atoms with Crippen molar-refractivity contribution >= 4 is 40.5 Å². The van der Waals surface area contributed by atoms with Crippen molar-refractivity contribution in [3.05, 3.63) is 45.4 Å². The van der Waals surface area contributed by atoms with Crippen molar-refractivity contribution in [2.45, 2.75) is 13.8 Å². The van der Waals surface area contributed by atoms with Gasteiger partial charge >= 0.3 is 0 Å². The van der Waals surface area contributed by atoms with Crippen LogP contribution in [0.15, 0.2) is 24.3 Å². The Bertz CT molecular complexity index is 708. The second-order valence-corrected chi connectivity index (χ2v) is 5.26. The molecular weight excluding hydrogens is 307 g/mol. The summed E-state index contributed by atoms with van der Waals surface area (Å²) in [7, 11) is 0. The molecule has 1 heterocycles. The van der Waals surface area contributed by atoms with Gasteiger partial charge in [-0.15, -0.1) is 0 Å². The number of pyridine rings is 1. The monoisotopic (exact) mass is 320 g/mol. The molecule has 2 N–H and O–H groups in total. The van der Waals surface area contributed by atoms with E-state index in [1.54, 1.807) is 18.2 Å². The lowest BCUT2D eigenvalue weighted by Gasteiger charge is -2.13. The van der Waals surface area contributed by atoms with E-state index in [-0.39, 0.29) is 0 Å². The molecule has 1 aromatic carbocycles. The van der Waals surface area contributed by atoms with Gasteiger partial charge in [-0.1, -0.05) is 29.3 Å². The number of anilines is 3. The Hall–Kier alpha value is -1.96. The van der Waals surface area contributed by atoms with Crippen LogP contribution in [0.5, 0.6) is 0 Å². The number of halogens is 2. The summed E-state index contributed by atoms with van der Waals surface area (Å²) in [6.45, 7) is 4.61. The van der Waals surface area contributed by atoms with Crippen molar-refractivity contribution < 1.29 is 0 Å². The summed E-state index contributed by atoms with van der Waals surface area (Å²) in [6, 6.07) is 9.14. The number of nitrogens with zero attached hydrogens (tertiary/aromatic N) is 2. The zero-order chi connectivity index (χ0) is 15.4. The van der Waals surface area contributed by atoms with Crippen molar-refractivity contribution in [2.24, 2.45) is 0 Å². The minimum atomic E-state index is 0.420. The molecular formula is C15H14Cl2N4. The summed E-state index contributed by atoms with van der Waals surface area (Å²) in [5.74, 6) is 1.07. The van der Waals surface area contributed by atoms with Crippen molar-refractivity contribution in [3.63, 3.8) is 0 Å². The molecule has 1 aromatic heterocycles. The fourth-order valence-electron chi connectivity index (χ4n) is 1.80. The van der Waals surface area contributed by atoms with Crippen LogP contribution in [0.1, 0.15) is 18.1 Å². The first-order chi connectivity index (χ1) is 10.0. The average Bonchev–Trinajstić information content (AvgIpc) is 2.46. The summed E-state index contributed by atoms with van der Waals surface area (Å²) >= 11 is 12.3. The Labute approximate surface area is 133 Å². The molecule has 6 heteroatoms. The number of nitrogens with one attached hydrogen (secondary N) is 2. The molecule has 2 aromatic rings. The Morgan fingerprint density at radius 1 is 1.19 bits per heavy atom. The molecule has 2 rings (SSSR count). The van der Waals surface area contributed by atoms with E-state index in [1.807, 2.05) is 19.9 Å². The molecule has 4 nitrogen and oxygen atoms in total. The van der Waals surface area contributed by atoms with Crippen LogP contribution >= 0.6 is 23.2 Å². The summed E-state index contributed by atoms with van der Waals surface area (Å²) in [6.07, 6.45) is 0. The molecule has 0 aliphatic rings. The predicted octanol–water partition coefficient (Wildman–Crippen LogP) is 4.74. The first kappa shape index (κ1) is 15.4. The molecule has 0 bridgehead atoms. The van der Waals surface area contributed by atoms with E-state index < -0.39 is 0 Å². The maximum atomic E-state index is 8.98. The van der Waals surface area contributed by atoms with E-state index in [4.69, 9.17) is 28.5 Å². The Morgan fingerprint density at radius 2 is 1.90 bits per heavy atom. The van der Waals surface area contributed by atoms with Gasteiger partial charge in [0.1, 0.15) is 5.82 Å². The molecule has 0 atom stereocenters. The van der Waals surface area contributed by atoms with E-state index in [0.717, 1.165) is 11.3 Å². The molecule has 0 radical (unpaired) electrons. The third-order valence-electron chi connectivity index (χ3n) is 2.89. The van der Waals surface area contributed by atoms with Crippen molar-refractivity contribution in [1.29, 1.82) is 5.26 Å². The van der Waals surface area contributed by atoms with Crippen LogP contribution in [0.25, 0.3) is 0 Å². The third-order valence-corrected chi connectivity index (χ3v) is 3.47. The van der Waals surface area contributed by atoms with E-state index in [9.17, 15) is 0 Å². The summed E-state index contributed by atoms with van der Waals surface area (Å²) < 4.78 is 0. The maximum Gasteiger partial charge on any atom is 0.151 e. The number of benzene rings is 1. The van der Waals surface area contributed by atoms with Gasteiger partial charge in [0.25, 0.3) is 0 Å². The number of hydrogen-bond acceptors (Lipinski definition) is 4. The minimum Gasteiger partial charge on any atom is -0.369 e. The third kappa shape index (κ3) is 3.57. The van der Waals surface area contributed by atoms with Gasteiger partial charge in [0.15, 0.2) is 5.82 Å². The lowest BCUT2D eigenvalue weighted by molar-refractivity contribution is 1.16. The average molecular weight is 321 g/mol. The van der Waals surface area contributed by atoms with Gasteiger partial charge < -0.3 is 10.6 Å². The summed E-state index contributed by atoms with van der Waals surface area (Å²) in [5.41, 5.74) is 2.35. The summed E-state index contributed by atoms with van der Waals surface area (Å²) in [4.78, 5) is 4.38. The predicted molar refractivity (Wildman–Crippen MR) is 87.6 cm³/mol. The topological polar surface area (TPSA) is 60.7 Å². The highest BCUT2D eigenvalue weighted by atomic mass is 35.5. The van der Waals surface area contributed by atoms with Gasteiger partial charge in [-0.3, -0.25) is 0 Å². The normalized spacial score (nSPS) is 10.0. The van der Waals surface area contributed by atoms with Gasteiger partial charge in [-0.05, 0) is 37.6 Å². The van der Waals surface area contributed by atoms with Crippen LogP contribution < -0.4 is 10.6 Å². The number of aromatic nitrogens is 1. The zero-order valence-electron chi connectivity index (χ0n) is 11.7. The van der Waals surface area contributed by atoms with E-state index in [2.05, 4.69) is 21.7 Å². The molecule has 0 aliphatic carbocycles. The van der Waals surface area contributed by atoms with Crippen LogP contribution in [0, 0.1) is 18.3 Å². The number of aryl methyl sites for hydroxylation is 1. The van der Waals surface area contributed by atoms with E-state index >= 15 is 0 Å². The number of rotatable bonds is 4. The van der Waals surface area contributed by atoms with Gasteiger partial charge in [-0.2, -0.15) is 5.26 Å². The molecule has 0 spiro atoms. The van der Waals surface area contributed by atoms with Gasteiger partial charge in [0.2, 0.25) is 0 Å². The first-order valence-electron chi connectivity index (χ1n) is 6.42. The molecule has 108 valence electrons. The van der Waals surface area contributed by atoms with Crippen molar-refractivity contribution in [1.82, 2.24) is 4.98 Å². The van der Waals surface area contributed by atoms with Crippen molar-refractivity contribution in [2.75, 3.05) is 17.2 Å². The number of hydrogen-bond donors (Lipinski definition) is 2. The van der Waals surface area contributed by atoms with Crippen LogP contribution in [-0.2, 0) is 0 Å². The standard InChI is InChI=1S/C15H14Cl2N4/c1-3-19-14-11(16)7-12(17)15(21-14)20-13-6-10(8-18)5-4-9(13)2/h4-7H,3H2,1-2H3,(H2,19,20,21). The van der Waals surface area contributed by atoms with Gasteiger partial charge in [-0.25, -0.2) is 4.98 Å². The quantitative estimate of drug-likeness (QED) is 0.853. The fourth-order valence-corrected chi connectivity index (χ4v) is 2.27. The Kier molecular flexibility index (Phi) is 4.89. The van der Waals surface area contributed by atoms with Gasteiger partial charge in [0.05, 0.1) is 21.7 Å². The van der Waals surface area contributed by atoms with Crippen LogP contribution in [0.2, 0.25) is 10.0 Å². The smallest absolute Gasteiger partial charge is 0.151 e. The van der Waals surface area contributed by atoms with Crippen LogP contribution in [-0.4, -0.2) is 11.5 Å². The number of nitriles is 1. The summed E-state index contributed by atoms with van der Waals surface area (Å²) in [5, 5.41) is 16.1. The molecule has 0 amide bonds. The molecule has 0 fully saturated rings. The van der Waals surface area contributed by atoms with E-state index in [0.29, 0.717) is 33.8 Å². The second-order valence-electron chi connectivity index (χ2n) is 4.45. The lowest BCUT2D eigenvalue weighted by atomic mass is 10.1. The molecule has 0 saturated carbocycles. The van der Waals surface area contributed by atoms with E-state index in [1.165, 1.54) is 0 Å².